The first kappa shape index (κ1) is 14.3. The van der Waals surface area contributed by atoms with Crippen LogP contribution in [0.1, 0.15) is 22.9 Å². The average molecular weight is 290 g/mol. The van der Waals surface area contributed by atoms with Crippen molar-refractivity contribution in [3.05, 3.63) is 95.8 Å². The van der Waals surface area contributed by atoms with E-state index in [4.69, 9.17) is 0 Å². The molecule has 3 rings (SSSR count). The number of hydrogen-bond donors (Lipinski definition) is 2. The molecule has 2 N–H and O–H groups in total. The van der Waals surface area contributed by atoms with Gasteiger partial charge in [-0.05, 0) is 23.8 Å². The van der Waals surface area contributed by atoms with Crippen LogP contribution in [0.3, 0.4) is 0 Å². The van der Waals surface area contributed by atoms with Gasteiger partial charge in [0.25, 0.3) is 0 Å². The van der Waals surface area contributed by atoms with Crippen LogP contribution in [-0.2, 0) is 6.54 Å². The molecule has 0 spiro atoms. The van der Waals surface area contributed by atoms with E-state index in [1.807, 2.05) is 54.6 Å². The molecule has 3 aromatic rings. The van der Waals surface area contributed by atoms with Gasteiger partial charge in [-0.3, -0.25) is 4.98 Å². The van der Waals surface area contributed by atoms with Crippen molar-refractivity contribution in [2.75, 3.05) is 0 Å². The lowest BCUT2D eigenvalue weighted by atomic mass is 9.97. The smallest absolute Gasteiger partial charge is 0.120 e. The first-order valence-electron chi connectivity index (χ1n) is 7.31. The van der Waals surface area contributed by atoms with Crippen LogP contribution in [0.4, 0.5) is 0 Å². The molecule has 2 aromatic carbocycles. The number of aromatic nitrogens is 1. The van der Waals surface area contributed by atoms with Gasteiger partial charge in [-0.15, -0.1) is 0 Å². The lowest BCUT2D eigenvalue weighted by Gasteiger charge is -2.20. The lowest BCUT2D eigenvalue weighted by molar-refractivity contribution is 0.456. The number of nitrogens with zero attached hydrogens (tertiary/aromatic N) is 1. The third kappa shape index (κ3) is 3.32. The van der Waals surface area contributed by atoms with Gasteiger partial charge in [0.15, 0.2) is 0 Å². The molecule has 0 bridgehead atoms. The Labute approximate surface area is 130 Å². The van der Waals surface area contributed by atoms with E-state index in [2.05, 4.69) is 22.4 Å². The Kier molecular flexibility index (Phi) is 4.47. The lowest BCUT2D eigenvalue weighted by Crippen LogP contribution is -2.22. The highest BCUT2D eigenvalue weighted by Crippen LogP contribution is 2.29. The molecule has 1 aromatic heterocycles. The summed E-state index contributed by atoms with van der Waals surface area (Å²) in [4.78, 5) is 4.34. The van der Waals surface area contributed by atoms with Crippen LogP contribution < -0.4 is 5.32 Å². The summed E-state index contributed by atoms with van der Waals surface area (Å²) >= 11 is 0. The normalized spacial score (nSPS) is 12.0. The average Bonchev–Trinajstić information content (AvgIpc) is 2.58. The summed E-state index contributed by atoms with van der Waals surface area (Å²) in [6, 6.07) is 23.3. The molecule has 22 heavy (non-hydrogen) atoms. The zero-order valence-corrected chi connectivity index (χ0v) is 12.2. The number of para-hydroxylation sites is 1. The maximum atomic E-state index is 10.2. The Bertz CT molecular complexity index is 714. The largest absolute Gasteiger partial charge is 0.508 e. The summed E-state index contributed by atoms with van der Waals surface area (Å²) < 4.78 is 0. The van der Waals surface area contributed by atoms with Gasteiger partial charge in [-0.25, -0.2) is 0 Å². The fraction of sp³-hybridized carbons (Fsp3) is 0.105. The first-order chi connectivity index (χ1) is 10.8. The van der Waals surface area contributed by atoms with Gasteiger partial charge in [0.05, 0.1) is 11.7 Å². The van der Waals surface area contributed by atoms with Crippen molar-refractivity contribution < 1.29 is 5.11 Å². The third-order valence-corrected chi connectivity index (χ3v) is 3.59. The summed E-state index contributed by atoms with van der Waals surface area (Å²) in [6.07, 6.45) is 1.79. The Morgan fingerprint density at radius 2 is 1.59 bits per heavy atom. The van der Waals surface area contributed by atoms with Crippen LogP contribution in [0.2, 0.25) is 0 Å². The quantitative estimate of drug-likeness (QED) is 0.753. The first-order valence-corrected chi connectivity index (χ1v) is 7.31. The van der Waals surface area contributed by atoms with E-state index in [0.717, 1.165) is 16.8 Å². The minimum absolute atomic E-state index is 0.0793. The van der Waals surface area contributed by atoms with E-state index in [0.29, 0.717) is 12.3 Å². The number of aromatic hydroxyl groups is 1. The Morgan fingerprint density at radius 3 is 2.32 bits per heavy atom. The van der Waals surface area contributed by atoms with Gasteiger partial charge < -0.3 is 10.4 Å². The van der Waals surface area contributed by atoms with E-state index in [1.54, 1.807) is 12.3 Å². The molecule has 0 saturated carbocycles. The fourth-order valence-corrected chi connectivity index (χ4v) is 2.49. The maximum Gasteiger partial charge on any atom is 0.120 e. The van der Waals surface area contributed by atoms with E-state index >= 15 is 0 Å². The van der Waals surface area contributed by atoms with Crippen LogP contribution in [0, 0.1) is 0 Å². The van der Waals surface area contributed by atoms with Gasteiger partial charge in [0, 0.05) is 18.3 Å². The summed E-state index contributed by atoms with van der Waals surface area (Å²) in [5.41, 5.74) is 2.95. The van der Waals surface area contributed by atoms with E-state index < -0.39 is 0 Å². The maximum absolute atomic E-state index is 10.2. The van der Waals surface area contributed by atoms with Gasteiger partial charge in [-0.1, -0.05) is 54.6 Å². The Balaban J connectivity index is 1.89. The summed E-state index contributed by atoms with van der Waals surface area (Å²) in [6.45, 7) is 0.634. The highest BCUT2D eigenvalue weighted by Gasteiger charge is 2.16. The number of nitrogens with one attached hydrogen (secondary N) is 1. The Hall–Kier alpha value is -2.65. The second-order valence-electron chi connectivity index (χ2n) is 5.10. The molecule has 3 nitrogen and oxygen atoms in total. The standard InChI is InChI=1S/C19H18N2O/c22-18-12-5-4-11-17(18)19(15-8-2-1-3-9-15)21-14-16-10-6-7-13-20-16/h1-13,19,21-22H,14H2. The minimum Gasteiger partial charge on any atom is -0.508 e. The second kappa shape index (κ2) is 6.87. The van der Waals surface area contributed by atoms with Crippen LogP contribution in [-0.4, -0.2) is 10.1 Å². The van der Waals surface area contributed by atoms with Crippen molar-refractivity contribution in [2.45, 2.75) is 12.6 Å². The van der Waals surface area contributed by atoms with Crippen LogP contribution in [0.5, 0.6) is 5.75 Å². The van der Waals surface area contributed by atoms with Crippen LogP contribution >= 0.6 is 0 Å². The molecule has 1 atom stereocenters. The predicted octanol–water partition coefficient (Wildman–Crippen LogP) is 3.67. The molecular weight excluding hydrogens is 272 g/mol. The Morgan fingerprint density at radius 1 is 0.864 bits per heavy atom. The molecule has 110 valence electrons. The van der Waals surface area contributed by atoms with Crippen molar-refractivity contribution in [3.8, 4) is 5.75 Å². The van der Waals surface area contributed by atoms with Gasteiger partial charge in [0.2, 0.25) is 0 Å². The van der Waals surface area contributed by atoms with Crippen molar-refractivity contribution in [2.24, 2.45) is 0 Å². The predicted molar refractivity (Wildman–Crippen MR) is 87.5 cm³/mol. The van der Waals surface area contributed by atoms with Crippen LogP contribution in [0.25, 0.3) is 0 Å². The van der Waals surface area contributed by atoms with Gasteiger partial charge >= 0.3 is 0 Å². The second-order valence-corrected chi connectivity index (χ2v) is 5.10. The summed E-state index contributed by atoms with van der Waals surface area (Å²) in [5.74, 6) is 0.296. The molecule has 0 aliphatic rings. The number of rotatable bonds is 5. The number of hydrogen-bond acceptors (Lipinski definition) is 3. The van der Waals surface area contributed by atoms with Gasteiger partial charge in [0.1, 0.15) is 5.75 Å². The molecule has 0 fully saturated rings. The molecule has 0 amide bonds. The summed E-state index contributed by atoms with van der Waals surface area (Å²) in [5, 5.41) is 13.7. The number of pyridine rings is 1. The molecule has 0 saturated heterocycles. The zero-order valence-electron chi connectivity index (χ0n) is 12.2. The van der Waals surface area contributed by atoms with Gasteiger partial charge in [-0.2, -0.15) is 0 Å². The fourth-order valence-electron chi connectivity index (χ4n) is 2.49. The number of benzene rings is 2. The number of phenolic OH excluding ortho intramolecular Hbond substituents is 1. The minimum atomic E-state index is -0.0793. The van der Waals surface area contributed by atoms with Crippen molar-refractivity contribution in [1.82, 2.24) is 10.3 Å². The molecular formula is C19H18N2O. The van der Waals surface area contributed by atoms with Crippen molar-refractivity contribution >= 4 is 0 Å². The number of phenols is 1. The highest BCUT2D eigenvalue weighted by atomic mass is 16.3. The van der Waals surface area contributed by atoms with E-state index in [1.165, 1.54) is 0 Å². The molecule has 0 aliphatic carbocycles. The molecule has 1 heterocycles. The SMILES string of the molecule is Oc1ccccc1C(NCc1ccccn1)c1ccccc1. The molecule has 1 unspecified atom stereocenters. The van der Waals surface area contributed by atoms with Crippen molar-refractivity contribution in [1.29, 1.82) is 0 Å². The molecule has 0 radical (unpaired) electrons. The highest BCUT2D eigenvalue weighted by molar-refractivity contribution is 5.40. The summed E-state index contributed by atoms with van der Waals surface area (Å²) in [7, 11) is 0. The monoisotopic (exact) mass is 290 g/mol. The molecule has 3 heteroatoms. The van der Waals surface area contributed by atoms with Crippen LogP contribution in [0.15, 0.2) is 79.0 Å². The third-order valence-electron chi connectivity index (χ3n) is 3.59. The van der Waals surface area contributed by atoms with E-state index in [9.17, 15) is 5.11 Å². The van der Waals surface area contributed by atoms with Crippen molar-refractivity contribution in [3.63, 3.8) is 0 Å². The topological polar surface area (TPSA) is 45.1 Å². The van der Waals surface area contributed by atoms with E-state index in [-0.39, 0.29) is 6.04 Å². The zero-order chi connectivity index (χ0) is 15.2. The molecule has 0 aliphatic heterocycles.